The highest BCUT2D eigenvalue weighted by Gasteiger charge is 2.28. The second kappa shape index (κ2) is 10.7. The van der Waals surface area contributed by atoms with Crippen molar-refractivity contribution >= 4 is 22.7 Å². The summed E-state index contributed by atoms with van der Waals surface area (Å²) >= 11 is 0. The fourth-order valence-electron chi connectivity index (χ4n) is 4.80. The number of primary amides is 1. The monoisotopic (exact) mass is 447 g/mol. The fraction of sp³-hybridized carbons (Fsp3) is 0.423. The van der Waals surface area contributed by atoms with Crippen LogP contribution in [0.4, 0.5) is 0 Å². The van der Waals surface area contributed by atoms with Gasteiger partial charge in [-0.2, -0.15) is 0 Å². The average molecular weight is 448 g/mol. The van der Waals surface area contributed by atoms with Gasteiger partial charge in [-0.05, 0) is 18.6 Å². The Morgan fingerprint density at radius 1 is 1.06 bits per heavy atom. The van der Waals surface area contributed by atoms with Gasteiger partial charge in [-0.3, -0.25) is 19.4 Å². The van der Waals surface area contributed by atoms with Crippen molar-refractivity contribution in [2.24, 2.45) is 5.73 Å². The zero-order valence-corrected chi connectivity index (χ0v) is 19.3. The molecule has 1 aliphatic heterocycles. The molecule has 1 amide bonds. The molecule has 1 unspecified atom stereocenters. The minimum atomic E-state index is -0.274. The summed E-state index contributed by atoms with van der Waals surface area (Å²) in [5.41, 5.74) is 8.20. The van der Waals surface area contributed by atoms with Crippen LogP contribution in [0.1, 0.15) is 42.4 Å². The normalized spacial score (nSPS) is 17.4. The van der Waals surface area contributed by atoms with E-state index in [1.165, 1.54) is 0 Å². The van der Waals surface area contributed by atoms with Crippen molar-refractivity contribution in [3.8, 4) is 0 Å². The number of carbonyl (C=O) groups is 2. The largest absolute Gasteiger partial charge is 0.369 e. The maximum atomic E-state index is 12.8. The average Bonchev–Trinajstić information content (AvgIpc) is 3.16. The lowest BCUT2D eigenvalue weighted by Crippen LogP contribution is -2.54. The standard InChI is InChI=1S/C26H33N5O2/c1-2-8-21-17-29(18-25(27)33)15-16-30(21)19-26-28-22-11-6-7-12-23(22)31(26)14-13-24(32)20-9-4-3-5-10-20/h3-7,9-12,21H,2,8,13-19H2,1H3,(H2,27,33). The molecule has 174 valence electrons. The van der Waals surface area contributed by atoms with Gasteiger partial charge in [0.25, 0.3) is 0 Å². The number of amides is 1. The predicted molar refractivity (Wildman–Crippen MR) is 130 cm³/mol. The Morgan fingerprint density at radius 2 is 1.82 bits per heavy atom. The molecule has 0 aliphatic carbocycles. The summed E-state index contributed by atoms with van der Waals surface area (Å²) in [6, 6.07) is 17.9. The molecule has 4 rings (SSSR count). The summed E-state index contributed by atoms with van der Waals surface area (Å²) in [4.78, 5) is 33.7. The zero-order valence-electron chi connectivity index (χ0n) is 19.3. The van der Waals surface area contributed by atoms with E-state index in [-0.39, 0.29) is 11.7 Å². The highest BCUT2D eigenvalue weighted by Crippen LogP contribution is 2.22. The fourth-order valence-corrected chi connectivity index (χ4v) is 4.80. The summed E-state index contributed by atoms with van der Waals surface area (Å²) in [5, 5.41) is 0. The molecule has 1 aromatic heterocycles. The molecule has 1 fully saturated rings. The first kappa shape index (κ1) is 23.1. The lowest BCUT2D eigenvalue weighted by molar-refractivity contribution is -0.120. The lowest BCUT2D eigenvalue weighted by atomic mass is 10.1. The van der Waals surface area contributed by atoms with Crippen LogP contribution in [0.3, 0.4) is 0 Å². The number of para-hydroxylation sites is 2. The highest BCUT2D eigenvalue weighted by molar-refractivity contribution is 5.96. The molecule has 2 heterocycles. The molecule has 1 aliphatic rings. The lowest BCUT2D eigenvalue weighted by Gasteiger charge is -2.41. The summed E-state index contributed by atoms with van der Waals surface area (Å²) in [7, 11) is 0. The molecule has 0 bridgehead atoms. The first-order valence-corrected chi connectivity index (χ1v) is 11.8. The molecule has 2 aromatic carbocycles. The molecule has 7 nitrogen and oxygen atoms in total. The highest BCUT2D eigenvalue weighted by atomic mass is 16.1. The van der Waals surface area contributed by atoms with Gasteiger partial charge in [0.05, 0.1) is 24.1 Å². The second-order valence-electron chi connectivity index (χ2n) is 8.82. The number of piperazine rings is 1. The number of rotatable bonds is 10. The van der Waals surface area contributed by atoms with Crippen LogP contribution in [0.5, 0.6) is 0 Å². The van der Waals surface area contributed by atoms with Gasteiger partial charge in [-0.25, -0.2) is 4.98 Å². The maximum absolute atomic E-state index is 12.8. The quantitative estimate of drug-likeness (QED) is 0.483. The van der Waals surface area contributed by atoms with Crippen molar-refractivity contribution in [3.05, 3.63) is 66.0 Å². The Morgan fingerprint density at radius 3 is 2.58 bits per heavy atom. The van der Waals surface area contributed by atoms with E-state index in [9.17, 15) is 9.59 Å². The minimum absolute atomic E-state index is 0.142. The van der Waals surface area contributed by atoms with Gasteiger partial charge in [0.1, 0.15) is 5.82 Å². The molecule has 0 saturated carbocycles. The molecular weight excluding hydrogens is 414 g/mol. The summed E-state index contributed by atoms with van der Waals surface area (Å²) in [5.74, 6) is 0.855. The van der Waals surface area contributed by atoms with Crippen molar-refractivity contribution in [1.82, 2.24) is 19.4 Å². The number of hydrogen-bond donors (Lipinski definition) is 1. The smallest absolute Gasteiger partial charge is 0.231 e. The molecule has 0 spiro atoms. The number of fused-ring (bicyclic) bond motifs is 1. The number of benzene rings is 2. The topological polar surface area (TPSA) is 84.5 Å². The number of carbonyl (C=O) groups excluding carboxylic acids is 2. The van der Waals surface area contributed by atoms with E-state index in [1.54, 1.807) is 0 Å². The van der Waals surface area contributed by atoms with Crippen molar-refractivity contribution < 1.29 is 9.59 Å². The Bertz CT molecular complexity index is 1090. The van der Waals surface area contributed by atoms with Gasteiger partial charge >= 0.3 is 0 Å². The molecule has 7 heteroatoms. The zero-order chi connectivity index (χ0) is 23.2. The molecule has 33 heavy (non-hydrogen) atoms. The molecular formula is C26H33N5O2. The van der Waals surface area contributed by atoms with Crippen LogP contribution in [0.2, 0.25) is 0 Å². The van der Waals surface area contributed by atoms with Crippen LogP contribution in [0, 0.1) is 0 Å². The number of ketones is 1. The SMILES string of the molecule is CCCC1CN(CC(N)=O)CCN1Cc1nc2ccccc2n1CCC(=O)c1ccccc1. The Hall–Kier alpha value is -3.03. The van der Waals surface area contributed by atoms with E-state index < -0.39 is 0 Å². The molecule has 2 N–H and O–H groups in total. The Labute approximate surface area is 195 Å². The predicted octanol–water partition coefficient (Wildman–Crippen LogP) is 3.08. The Balaban J connectivity index is 1.53. The second-order valence-corrected chi connectivity index (χ2v) is 8.82. The third-order valence-electron chi connectivity index (χ3n) is 6.43. The van der Waals surface area contributed by atoms with Gasteiger partial charge in [0, 0.05) is 44.2 Å². The van der Waals surface area contributed by atoms with Crippen LogP contribution in [0.15, 0.2) is 54.6 Å². The van der Waals surface area contributed by atoms with Crippen molar-refractivity contribution in [2.75, 3.05) is 26.2 Å². The van der Waals surface area contributed by atoms with E-state index >= 15 is 0 Å². The van der Waals surface area contributed by atoms with Crippen molar-refractivity contribution in [3.63, 3.8) is 0 Å². The van der Waals surface area contributed by atoms with E-state index in [1.807, 2.05) is 48.5 Å². The number of aryl methyl sites for hydroxylation is 1. The molecule has 1 atom stereocenters. The van der Waals surface area contributed by atoms with Crippen LogP contribution < -0.4 is 5.73 Å². The van der Waals surface area contributed by atoms with Crippen LogP contribution >= 0.6 is 0 Å². The van der Waals surface area contributed by atoms with Gasteiger partial charge in [0.2, 0.25) is 5.91 Å². The number of Topliss-reactive ketones (excluding diaryl/α,β-unsaturated/α-hetero) is 1. The molecule has 0 radical (unpaired) electrons. The van der Waals surface area contributed by atoms with Crippen LogP contribution in [-0.2, 0) is 17.9 Å². The molecule has 1 saturated heterocycles. The van der Waals surface area contributed by atoms with E-state index in [0.717, 1.165) is 61.4 Å². The van der Waals surface area contributed by atoms with Gasteiger partial charge in [0.15, 0.2) is 5.78 Å². The summed E-state index contributed by atoms with van der Waals surface area (Å²) < 4.78 is 2.20. The summed E-state index contributed by atoms with van der Waals surface area (Å²) in [6.07, 6.45) is 2.57. The van der Waals surface area contributed by atoms with E-state index in [0.29, 0.717) is 25.6 Å². The minimum Gasteiger partial charge on any atom is -0.369 e. The van der Waals surface area contributed by atoms with Crippen LogP contribution in [-0.4, -0.2) is 63.3 Å². The van der Waals surface area contributed by atoms with Crippen molar-refractivity contribution in [2.45, 2.75) is 45.3 Å². The van der Waals surface area contributed by atoms with E-state index in [2.05, 4.69) is 27.4 Å². The van der Waals surface area contributed by atoms with Gasteiger partial charge in [-0.15, -0.1) is 0 Å². The number of nitrogens with two attached hydrogens (primary N) is 1. The number of nitrogens with zero attached hydrogens (tertiary/aromatic N) is 4. The molecule has 3 aromatic rings. The van der Waals surface area contributed by atoms with Crippen molar-refractivity contribution in [1.29, 1.82) is 0 Å². The van der Waals surface area contributed by atoms with E-state index in [4.69, 9.17) is 10.7 Å². The Kier molecular flexibility index (Phi) is 7.52. The third kappa shape index (κ3) is 5.67. The third-order valence-corrected chi connectivity index (χ3v) is 6.43. The first-order valence-electron chi connectivity index (χ1n) is 11.8. The van der Waals surface area contributed by atoms with Gasteiger partial charge < -0.3 is 10.3 Å². The number of imidazole rings is 1. The first-order chi connectivity index (χ1) is 16.0. The maximum Gasteiger partial charge on any atom is 0.231 e. The number of hydrogen-bond acceptors (Lipinski definition) is 5. The summed E-state index contributed by atoms with van der Waals surface area (Å²) in [6.45, 7) is 6.35. The number of aromatic nitrogens is 2. The van der Waals surface area contributed by atoms with Gasteiger partial charge in [-0.1, -0.05) is 55.8 Å². The van der Waals surface area contributed by atoms with Crippen LogP contribution in [0.25, 0.3) is 11.0 Å².